The quantitative estimate of drug-likeness (QED) is 0.766. The third-order valence-corrected chi connectivity index (χ3v) is 3.50. The molecule has 1 aliphatic rings. The molecule has 1 N–H and O–H groups in total. The Morgan fingerprint density at radius 1 is 1.32 bits per heavy atom. The summed E-state index contributed by atoms with van der Waals surface area (Å²) in [5, 5.41) is 3.33. The first-order valence-corrected chi connectivity index (χ1v) is 6.71. The molecule has 0 aliphatic heterocycles. The highest BCUT2D eigenvalue weighted by molar-refractivity contribution is 5.80. The Kier molecular flexibility index (Phi) is 4.43. The van der Waals surface area contributed by atoms with Gasteiger partial charge in [-0.1, -0.05) is 12.1 Å². The van der Waals surface area contributed by atoms with Crippen LogP contribution in [0.4, 0.5) is 0 Å². The highest BCUT2D eigenvalue weighted by atomic mass is 16.5. The zero-order valence-electron chi connectivity index (χ0n) is 11.6. The minimum absolute atomic E-state index is 0.0910. The zero-order chi connectivity index (χ0) is 13.7. The molecule has 0 atom stereocenters. The minimum Gasteiger partial charge on any atom is -0.494 e. The third-order valence-electron chi connectivity index (χ3n) is 3.50. The van der Waals surface area contributed by atoms with Gasteiger partial charge in [0.05, 0.1) is 19.1 Å². The van der Waals surface area contributed by atoms with Crippen LogP contribution in [0.15, 0.2) is 24.3 Å². The minimum atomic E-state index is -0.264. The first-order chi connectivity index (χ1) is 9.20. The Labute approximate surface area is 114 Å². The summed E-state index contributed by atoms with van der Waals surface area (Å²) in [5.74, 6) is 0.797. The Morgan fingerprint density at radius 2 is 2.00 bits per heavy atom. The third kappa shape index (κ3) is 3.47. The van der Waals surface area contributed by atoms with E-state index in [2.05, 4.69) is 5.32 Å². The maximum atomic E-state index is 11.6. The fourth-order valence-electron chi connectivity index (χ4n) is 2.14. The van der Waals surface area contributed by atoms with E-state index < -0.39 is 0 Å². The monoisotopic (exact) mass is 263 g/mol. The highest BCUT2D eigenvalue weighted by Gasteiger charge is 2.50. The molecule has 104 valence electrons. The first-order valence-electron chi connectivity index (χ1n) is 6.71. The number of methoxy groups -OCH3 is 1. The van der Waals surface area contributed by atoms with Gasteiger partial charge in [0.15, 0.2) is 0 Å². The number of hydrogen-bond donors (Lipinski definition) is 1. The molecule has 1 aliphatic carbocycles. The zero-order valence-corrected chi connectivity index (χ0v) is 11.6. The second kappa shape index (κ2) is 6.06. The van der Waals surface area contributed by atoms with Gasteiger partial charge in [-0.25, -0.2) is 0 Å². The van der Waals surface area contributed by atoms with Crippen LogP contribution in [0.3, 0.4) is 0 Å². The summed E-state index contributed by atoms with van der Waals surface area (Å²) in [6, 6.07) is 8.01. The van der Waals surface area contributed by atoms with E-state index in [-0.39, 0.29) is 11.4 Å². The van der Waals surface area contributed by atoms with Crippen LogP contribution in [0.1, 0.15) is 25.3 Å². The van der Waals surface area contributed by atoms with Gasteiger partial charge in [-0.15, -0.1) is 0 Å². The number of carbonyl (C=O) groups is 1. The van der Waals surface area contributed by atoms with E-state index in [1.54, 1.807) is 0 Å². The van der Waals surface area contributed by atoms with Gasteiger partial charge in [0.1, 0.15) is 5.75 Å². The number of carbonyl (C=O) groups excluding carboxylic acids is 1. The average Bonchev–Trinajstić information content (AvgIpc) is 3.21. The van der Waals surface area contributed by atoms with E-state index in [9.17, 15) is 4.79 Å². The van der Waals surface area contributed by atoms with Crippen LogP contribution in [0, 0.1) is 5.41 Å². The summed E-state index contributed by atoms with van der Waals surface area (Å²) in [4.78, 5) is 11.6. The second-order valence-electron chi connectivity index (χ2n) is 4.95. The molecule has 0 aromatic heterocycles. The van der Waals surface area contributed by atoms with Crippen LogP contribution in [0.5, 0.6) is 5.75 Å². The molecule has 2 rings (SSSR count). The van der Waals surface area contributed by atoms with Crippen molar-refractivity contribution in [3.8, 4) is 5.75 Å². The summed E-state index contributed by atoms with van der Waals surface area (Å²) in [5.41, 5.74) is 0.920. The van der Waals surface area contributed by atoms with Crippen molar-refractivity contribution in [1.29, 1.82) is 0 Å². The molecule has 4 heteroatoms. The van der Waals surface area contributed by atoms with Gasteiger partial charge in [-0.3, -0.25) is 4.79 Å². The van der Waals surface area contributed by atoms with Gasteiger partial charge in [-0.2, -0.15) is 0 Å². The molecular weight excluding hydrogens is 242 g/mol. The van der Waals surface area contributed by atoms with Crippen molar-refractivity contribution >= 4 is 5.97 Å². The topological polar surface area (TPSA) is 47.6 Å². The van der Waals surface area contributed by atoms with Crippen LogP contribution in [0.25, 0.3) is 0 Å². The van der Waals surface area contributed by atoms with Crippen molar-refractivity contribution in [1.82, 2.24) is 5.32 Å². The Bertz CT molecular complexity index is 424. The van der Waals surface area contributed by atoms with Gasteiger partial charge in [-0.05, 0) is 37.5 Å². The lowest BCUT2D eigenvalue weighted by Gasteiger charge is -2.13. The molecule has 0 saturated heterocycles. The van der Waals surface area contributed by atoms with Crippen molar-refractivity contribution in [2.45, 2.75) is 26.3 Å². The predicted octanol–water partition coefficient (Wildman–Crippen LogP) is 2.13. The molecule has 0 unspecified atom stereocenters. The highest BCUT2D eigenvalue weighted by Crippen LogP contribution is 2.46. The smallest absolute Gasteiger partial charge is 0.313 e. The van der Waals surface area contributed by atoms with Crippen LogP contribution in [-0.4, -0.2) is 26.2 Å². The lowest BCUT2D eigenvalue weighted by molar-refractivity contribution is -0.146. The normalized spacial score (nSPS) is 15.9. The number of rotatable bonds is 7. The van der Waals surface area contributed by atoms with E-state index in [1.807, 2.05) is 31.2 Å². The van der Waals surface area contributed by atoms with E-state index in [4.69, 9.17) is 9.47 Å². The molecule has 19 heavy (non-hydrogen) atoms. The SMILES string of the molecule is CCOc1ccc(CNCC2(C(=O)OC)CC2)cc1. The Morgan fingerprint density at radius 3 is 2.53 bits per heavy atom. The standard InChI is InChI=1S/C15H21NO3/c1-3-19-13-6-4-12(5-7-13)10-16-11-15(8-9-15)14(17)18-2/h4-7,16H,3,8-11H2,1-2H3. The van der Waals surface area contributed by atoms with E-state index in [0.29, 0.717) is 13.2 Å². The molecule has 1 aromatic rings. The van der Waals surface area contributed by atoms with Crippen LogP contribution in [-0.2, 0) is 16.1 Å². The molecule has 0 spiro atoms. The molecule has 0 radical (unpaired) electrons. The summed E-state index contributed by atoms with van der Waals surface area (Å²) < 4.78 is 10.2. The first kappa shape index (κ1) is 13.9. The number of nitrogens with one attached hydrogen (secondary N) is 1. The summed E-state index contributed by atoms with van der Waals surface area (Å²) in [7, 11) is 1.45. The molecular formula is C15H21NO3. The molecule has 1 aromatic carbocycles. The number of hydrogen-bond acceptors (Lipinski definition) is 4. The molecule has 0 heterocycles. The number of esters is 1. The summed E-state index contributed by atoms with van der Waals surface area (Å²) >= 11 is 0. The van der Waals surface area contributed by atoms with Crippen LogP contribution >= 0.6 is 0 Å². The fraction of sp³-hybridized carbons (Fsp3) is 0.533. The van der Waals surface area contributed by atoms with E-state index >= 15 is 0 Å². The lowest BCUT2D eigenvalue weighted by Crippen LogP contribution is -2.30. The summed E-state index contributed by atoms with van der Waals surface area (Å²) in [6.07, 6.45) is 1.85. The van der Waals surface area contributed by atoms with E-state index in [0.717, 1.165) is 25.1 Å². The Hall–Kier alpha value is -1.55. The van der Waals surface area contributed by atoms with Gasteiger partial charge in [0, 0.05) is 13.1 Å². The molecule has 0 bridgehead atoms. The number of benzene rings is 1. The van der Waals surface area contributed by atoms with Crippen molar-refractivity contribution in [2.24, 2.45) is 5.41 Å². The lowest BCUT2D eigenvalue weighted by atomic mass is 10.1. The maximum Gasteiger partial charge on any atom is 0.313 e. The second-order valence-corrected chi connectivity index (χ2v) is 4.95. The molecule has 1 saturated carbocycles. The molecule has 1 fully saturated rings. The van der Waals surface area contributed by atoms with Crippen molar-refractivity contribution in [3.63, 3.8) is 0 Å². The van der Waals surface area contributed by atoms with Gasteiger partial charge in [0.2, 0.25) is 0 Å². The summed E-state index contributed by atoms with van der Waals surface area (Å²) in [6.45, 7) is 4.09. The van der Waals surface area contributed by atoms with Crippen LogP contribution < -0.4 is 10.1 Å². The predicted molar refractivity (Wildman–Crippen MR) is 73.0 cm³/mol. The number of ether oxygens (including phenoxy) is 2. The van der Waals surface area contributed by atoms with Gasteiger partial charge in [0.25, 0.3) is 0 Å². The van der Waals surface area contributed by atoms with Crippen LogP contribution in [0.2, 0.25) is 0 Å². The van der Waals surface area contributed by atoms with Gasteiger partial charge < -0.3 is 14.8 Å². The van der Waals surface area contributed by atoms with Crippen molar-refractivity contribution in [2.75, 3.05) is 20.3 Å². The largest absolute Gasteiger partial charge is 0.494 e. The molecule has 0 amide bonds. The van der Waals surface area contributed by atoms with E-state index in [1.165, 1.54) is 12.7 Å². The van der Waals surface area contributed by atoms with Gasteiger partial charge >= 0.3 is 5.97 Å². The Balaban J connectivity index is 1.78. The average molecular weight is 263 g/mol. The van der Waals surface area contributed by atoms with Crippen molar-refractivity contribution < 1.29 is 14.3 Å². The van der Waals surface area contributed by atoms with Crippen molar-refractivity contribution in [3.05, 3.63) is 29.8 Å². The maximum absolute atomic E-state index is 11.6. The fourth-order valence-corrected chi connectivity index (χ4v) is 2.14. The molecule has 4 nitrogen and oxygen atoms in total.